The zero-order valence-corrected chi connectivity index (χ0v) is 12.3. The summed E-state index contributed by atoms with van der Waals surface area (Å²) in [7, 11) is -10.7. The Morgan fingerprint density at radius 1 is 0.818 bits per heavy atom. The van der Waals surface area contributed by atoms with Gasteiger partial charge in [0.2, 0.25) is 5.52 Å². The van der Waals surface area contributed by atoms with Gasteiger partial charge >= 0.3 is 33.0 Å². The first-order chi connectivity index (χ1) is 9.81. The Balaban J connectivity index is 0.000000217. The van der Waals surface area contributed by atoms with E-state index < -0.39 is 7.81 Å². The zero-order valence-electron chi connectivity index (χ0n) is 11.4. The maximum atomic E-state index is 9.87. The monoisotopic (exact) mass is 339 g/mol. The Labute approximate surface area is 122 Å². The second-order valence-corrected chi connectivity index (χ2v) is 6.69. The number of aryl methyl sites for hydroxylation is 1. The molecule has 0 bridgehead atoms. The van der Waals surface area contributed by atoms with Crippen molar-refractivity contribution in [2.24, 2.45) is 0 Å². The van der Waals surface area contributed by atoms with Gasteiger partial charge in [0, 0.05) is 30.5 Å². The molecular formula is C14H12F6NP. The molecule has 0 N–H and O–H groups in total. The molecule has 1 nitrogen and oxygen atoms in total. The third-order valence-electron chi connectivity index (χ3n) is 2.91. The van der Waals surface area contributed by atoms with Crippen molar-refractivity contribution in [2.75, 3.05) is 0 Å². The molecule has 8 heteroatoms. The van der Waals surface area contributed by atoms with E-state index >= 15 is 0 Å². The van der Waals surface area contributed by atoms with Gasteiger partial charge in [-0.05, 0) is 17.5 Å². The molecule has 0 aliphatic heterocycles. The molecular weight excluding hydrogens is 327 g/mol. The van der Waals surface area contributed by atoms with Gasteiger partial charge < -0.3 is 0 Å². The number of hydrogen-bond donors (Lipinski definition) is 0. The van der Waals surface area contributed by atoms with Gasteiger partial charge in [0.15, 0.2) is 11.9 Å². The van der Waals surface area contributed by atoms with Crippen LogP contribution in [0.15, 0.2) is 54.7 Å². The molecule has 0 amide bonds. The molecule has 2 heterocycles. The molecule has 1 aromatic carbocycles. The van der Waals surface area contributed by atoms with Crippen LogP contribution >= 0.6 is 7.81 Å². The summed E-state index contributed by atoms with van der Waals surface area (Å²) in [6.45, 7) is 2.16. The van der Waals surface area contributed by atoms with Gasteiger partial charge in [-0.3, -0.25) is 0 Å². The molecule has 0 unspecified atom stereocenters. The van der Waals surface area contributed by atoms with Crippen LogP contribution in [0.1, 0.15) is 5.69 Å². The summed E-state index contributed by atoms with van der Waals surface area (Å²) >= 11 is 0. The molecule has 3 rings (SSSR count). The normalized spacial score (nSPS) is 14.9. The van der Waals surface area contributed by atoms with E-state index in [1.54, 1.807) is 0 Å². The van der Waals surface area contributed by atoms with E-state index in [1.807, 2.05) is 0 Å². The molecule has 0 aliphatic carbocycles. The molecule has 0 radical (unpaired) electrons. The van der Waals surface area contributed by atoms with Gasteiger partial charge in [0.05, 0.1) is 0 Å². The number of fused-ring (bicyclic) bond motifs is 2. The van der Waals surface area contributed by atoms with Crippen molar-refractivity contribution in [2.45, 2.75) is 6.92 Å². The summed E-state index contributed by atoms with van der Waals surface area (Å²) < 4.78 is 61.4. The fourth-order valence-electron chi connectivity index (χ4n) is 2.12. The average molecular weight is 339 g/mol. The van der Waals surface area contributed by atoms with Gasteiger partial charge in [-0.15, -0.1) is 0 Å². The molecule has 2 aromatic heterocycles. The average Bonchev–Trinajstić information content (AvgIpc) is 2.35. The molecule has 0 aliphatic rings. The molecule has 120 valence electrons. The van der Waals surface area contributed by atoms with Gasteiger partial charge in [-0.1, -0.05) is 18.2 Å². The first-order valence-electron chi connectivity index (χ1n) is 6.16. The minimum absolute atomic E-state index is 1.24. The van der Waals surface area contributed by atoms with Gasteiger partial charge in [-0.2, -0.15) is 4.40 Å². The van der Waals surface area contributed by atoms with Crippen LogP contribution in [0.3, 0.4) is 0 Å². The third kappa shape index (κ3) is 5.15. The van der Waals surface area contributed by atoms with Crippen LogP contribution in [0, 0.1) is 6.92 Å². The van der Waals surface area contributed by atoms with Crippen molar-refractivity contribution in [3.05, 3.63) is 60.4 Å². The Morgan fingerprint density at radius 2 is 1.36 bits per heavy atom. The molecule has 0 spiro atoms. The Bertz CT molecular complexity index is 777. The summed E-state index contributed by atoms with van der Waals surface area (Å²) in [5, 5.41) is 2.63. The van der Waals surface area contributed by atoms with E-state index in [4.69, 9.17) is 0 Å². The molecule has 0 atom stereocenters. The second-order valence-electron chi connectivity index (χ2n) is 4.77. The summed E-state index contributed by atoms with van der Waals surface area (Å²) in [6.07, 6.45) is 2.11. The predicted octanol–water partition coefficient (Wildman–Crippen LogP) is 6.27. The standard InChI is InChI=1S/C14H12N.F6P/c1-11-14-8-3-2-6-12(14)10-13-7-4-5-9-15(11)13;1-7(2,3,4,5)6/h2-10H,1H3;/q+1;-1. The van der Waals surface area contributed by atoms with Crippen molar-refractivity contribution in [1.82, 2.24) is 0 Å². The summed E-state index contributed by atoms with van der Waals surface area (Å²) in [5.41, 5.74) is 2.54. The fraction of sp³-hybridized carbons (Fsp3) is 0.0714. The SMILES string of the molecule is Cc1c2ccccc2cc2cccc[n+]12.F[P-](F)(F)(F)(F)F. The number of rotatable bonds is 0. The van der Waals surface area contributed by atoms with Crippen LogP contribution in [0.5, 0.6) is 0 Å². The summed E-state index contributed by atoms with van der Waals surface area (Å²) in [5.74, 6) is 0. The van der Waals surface area contributed by atoms with E-state index in [1.165, 1.54) is 22.0 Å². The number of nitrogens with zero attached hydrogens (tertiary/aromatic N) is 1. The van der Waals surface area contributed by atoms with E-state index in [9.17, 15) is 25.2 Å². The number of aromatic nitrogens is 1. The predicted molar refractivity (Wildman–Crippen MR) is 75.4 cm³/mol. The first kappa shape index (κ1) is 16.5. The van der Waals surface area contributed by atoms with E-state index in [0.717, 1.165) is 0 Å². The number of halogens is 6. The minimum atomic E-state index is -10.7. The number of benzene rings is 1. The van der Waals surface area contributed by atoms with Crippen LogP contribution in [-0.2, 0) is 0 Å². The van der Waals surface area contributed by atoms with Crippen LogP contribution in [-0.4, -0.2) is 0 Å². The summed E-state index contributed by atoms with van der Waals surface area (Å²) in [6, 6.07) is 17.0. The molecule has 22 heavy (non-hydrogen) atoms. The molecule has 0 saturated heterocycles. The van der Waals surface area contributed by atoms with E-state index in [2.05, 4.69) is 66.1 Å². The summed E-state index contributed by atoms with van der Waals surface area (Å²) in [4.78, 5) is 0. The number of pyridine rings is 2. The quantitative estimate of drug-likeness (QED) is 0.197. The molecule has 0 saturated carbocycles. The second kappa shape index (κ2) is 4.56. The number of hydrogen-bond acceptors (Lipinski definition) is 0. The molecule has 3 aromatic rings. The Kier molecular flexibility index (Phi) is 3.41. The van der Waals surface area contributed by atoms with Crippen molar-refractivity contribution in [1.29, 1.82) is 0 Å². The van der Waals surface area contributed by atoms with Crippen molar-refractivity contribution in [3.63, 3.8) is 0 Å². The first-order valence-corrected chi connectivity index (χ1v) is 8.19. The van der Waals surface area contributed by atoms with Gasteiger partial charge in [0.25, 0.3) is 0 Å². The van der Waals surface area contributed by atoms with Crippen molar-refractivity contribution < 1.29 is 29.6 Å². The van der Waals surface area contributed by atoms with Crippen LogP contribution in [0.2, 0.25) is 0 Å². The fourth-order valence-corrected chi connectivity index (χ4v) is 2.12. The van der Waals surface area contributed by atoms with E-state index in [0.29, 0.717) is 0 Å². The Hall–Kier alpha value is -1.88. The van der Waals surface area contributed by atoms with Gasteiger partial charge in [0.1, 0.15) is 0 Å². The van der Waals surface area contributed by atoms with Gasteiger partial charge in [-0.25, -0.2) is 0 Å². The van der Waals surface area contributed by atoms with Crippen molar-refractivity contribution in [3.8, 4) is 0 Å². The van der Waals surface area contributed by atoms with E-state index in [-0.39, 0.29) is 0 Å². The van der Waals surface area contributed by atoms with Crippen molar-refractivity contribution >= 4 is 24.1 Å². The van der Waals surface area contributed by atoms with Crippen LogP contribution in [0.4, 0.5) is 25.2 Å². The Morgan fingerprint density at radius 3 is 2.00 bits per heavy atom. The zero-order chi connectivity index (χ0) is 16.7. The van der Waals surface area contributed by atoms with Crippen LogP contribution < -0.4 is 4.40 Å². The topological polar surface area (TPSA) is 4.10 Å². The maximum absolute atomic E-state index is 10.7. The van der Waals surface area contributed by atoms with Crippen LogP contribution in [0.25, 0.3) is 16.3 Å². The molecule has 0 fully saturated rings. The third-order valence-corrected chi connectivity index (χ3v) is 2.91.